The van der Waals surface area contributed by atoms with E-state index < -0.39 is 10.0 Å². The number of rotatable bonds is 4. The lowest BCUT2D eigenvalue weighted by atomic mass is 10.2. The van der Waals surface area contributed by atoms with Crippen LogP contribution in [0.2, 0.25) is 0 Å². The fourth-order valence-corrected chi connectivity index (χ4v) is 5.64. The van der Waals surface area contributed by atoms with Crippen molar-refractivity contribution in [3.63, 3.8) is 0 Å². The van der Waals surface area contributed by atoms with Crippen LogP contribution in [0.5, 0.6) is 0 Å². The van der Waals surface area contributed by atoms with E-state index in [1.165, 1.54) is 39.9 Å². The van der Waals surface area contributed by atoms with Gasteiger partial charge in [-0.05, 0) is 56.3 Å². The number of nitrogens with zero attached hydrogens (tertiary/aromatic N) is 2. The van der Waals surface area contributed by atoms with Gasteiger partial charge in [-0.15, -0.1) is 11.3 Å². The Kier molecular flexibility index (Phi) is 5.39. The number of nitrogens with one attached hydrogen (secondary N) is 1. The maximum atomic E-state index is 12.9. The first-order valence-corrected chi connectivity index (χ1v) is 11.5. The summed E-state index contributed by atoms with van der Waals surface area (Å²) in [7, 11) is -3.63. The number of carbonyl (C=O) groups excluding carboxylic acids is 1. The molecule has 0 unspecified atom stereocenters. The Hall–Kier alpha value is -2.33. The molecule has 1 aromatic heterocycles. The molecule has 4 rings (SSSR count). The zero-order valence-corrected chi connectivity index (χ0v) is 17.7. The van der Waals surface area contributed by atoms with Crippen molar-refractivity contribution in [3.05, 3.63) is 53.5 Å². The number of fused-ring (bicyclic) bond motifs is 1. The quantitative estimate of drug-likeness (QED) is 0.684. The van der Waals surface area contributed by atoms with Crippen LogP contribution in [-0.2, 0) is 14.8 Å². The molecule has 1 amide bonds. The van der Waals surface area contributed by atoms with E-state index in [0.29, 0.717) is 24.3 Å². The third-order valence-corrected chi connectivity index (χ3v) is 7.38. The Morgan fingerprint density at radius 3 is 2.52 bits per heavy atom. The number of morpholine rings is 1. The number of amides is 1. The van der Waals surface area contributed by atoms with Gasteiger partial charge in [0.1, 0.15) is 0 Å². The third-order valence-electron chi connectivity index (χ3n) is 4.73. The van der Waals surface area contributed by atoms with Crippen molar-refractivity contribution >= 4 is 43.2 Å². The Bertz CT molecular complexity index is 1130. The summed E-state index contributed by atoms with van der Waals surface area (Å²) in [5.41, 5.74) is 3.60. The van der Waals surface area contributed by atoms with Crippen LogP contribution in [0.1, 0.15) is 24.2 Å². The molecule has 0 spiro atoms. The van der Waals surface area contributed by atoms with Gasteiger partial charge in [-0.3, -0.25) is 4.79 Å². The van der Waals surface area contributed by atoms with Crippen molar-refractivity contribution in [2.45, 2.75) is 31.0 Å². The van der Waals surface area contributed by atoms with E-state index in [0.717, 1.165) is 10.2 Å². The second-order valence-corrected chi connectivity index (χ2v) is 9.92. The van der Waals surface area contributed by atoms with Crippen LogP contribution in [-0.4, -0.2) is 48.9 Å². The summed E-state index contributed by atoms with van der Waals surface area (Å²) < 4.78 is 33.9. The van der Waals surface area contributed by atoms with Gasteiger partial charge in [-0.25, -0.2) is 13.4 Å². The molecule has 0 saturated carbocycles. The van der Waals surface area contributed by atoms with Gasteiger partial charge < -0.3 is 10.1 Å². The number of hydrogen-bond donors (Lipinski definition) is 1. The number of hydrogen-bond acceptors (Lipinski definition) is 6. The fraction of sp³-hybridized carbons (Fsp3) is 0.300. The highest BCUT2D eigenvalue weighted by Crippen LogP contribution is 2.23. The molecule has 29 heavy (non-hydrogen) atoms. The van der Waals surface area contributed by atoms with Gasteiger partial charge in [-0.1, -0.05) is 0 Å². The average Bonchev–Trinajstić information content (AvgIpc) is 3.15. The largest absolute Gasteiger partial charge is 0.373 e. The van der Waals surface area contributed by atoms with Crippen LogP contribution in [0.25, 0.3) is 10.2 Å². The van der Waals surface area contributed by atoms with Gasteiger partial charge in [0.2, 0.25) is 10.0 Å². The smallest absolute Gasteiger partial charge is 0.255 e. The lowest BCUT2D eigenvalue weighted by Crippen LogP contribution is -2.48. The van der Waals surface area contributed by atoms with E-state index >= 15 is 0 Å². The summed E-state index contributed by atoms with van der Waals surface area (Å²) in [6.45, 7) is 4.34. The molecule has 0 radical (unpaired) electrons. The molecule has 1 N–H and O–H groups in total. The summed E-state index contributed by atoms with van der Waals surface area (Å²) in [5.74, 6) is -0.308. The van der Waals surface area contributed by atoms with Gasteiger partial charge in [0.15, 0.2) is 0 Å². The molecule has 152 valence electrons. The first kappa shape index (κ1) is 20.0. The van der Waals surface area contributed by atoms with Crippen molar-refractivity contribution in [1.29, 1.82) is 0 Å². The monoisotopic (exact) mass is 431 g/mol. The highest BCUT2D eigenvalue weighted by atomic mass is 32.2. The Morgan fingerprint density at radius 2 is 1.83 bits per heavy atom. The molecule has 2 aromatic carbocycles. The van der Waals surface area contributed by atoms with Crippen molar-refractivity contribution in [3.8, 4) is 0 Å². The molecule has 7 nitrogen and oxygen atoms in total. The van der Waals surface area contributed by atoms with Crippen molar-refractivity contribution < 1.29 is 17.9 Å². The second kappa shape index (κ2) is 7.83. The van der Waals surface area contributed by atoms with Crippen LogP contribution in [0.15, 0.2) is 52.9 Å². The lowest BCUT2D eigenvalue weighted by Gasteiger charge is -2.34. The second-order valence-electron chi connectivity index (χ2n) is 7.09. The average molecular weight is 432 g/mol. The van der Waals surface area contributed by atoms with Crippen LogP contribution < -0.4 is 5.32 Å². The summed E-state index contributed by atoms with van der Waals surface area (Å²) in [4.78, 5) is 16.9. The van der Waals surface area contributed by atoms with E-state index in [4.69, 9.17) is 4.74 Å². The molecular weight excluding hydrogens is 410 g/mol. The first-order chi connectivity index (χ1) is 13.8. The SMILES string of the molecule is C[C@@H]1CN(S(=O)(=O)c2ccc(C(=O)Nc3ccc4scnc4c3)cc2)C[C@H](C)O1. The molecule has 1 aliphatic rings. The van der Waals surface area contributed by atoms with E-state index in [2.05, 4.69) is 10.3 Å². The van der Waals surface area contributed by atoms with Gasteiger partial charge >= 0.3 is 0 Å². The predicted molar refractivity (Wildman–Crippen MR) is 113 cm³/mol. The minimum Gasteiger partial charge on any atom is -0.373 e. The molecule has 3 aromatic rings. The minimum atomic E-state index is -3.63. The number of ether oxygens (including phenoxy) is 1. The van der Waals surface area contributed by atoms with E-state index in [-0.39, 0.29) is 23.0 Å². The number of benzene rings is 2. The highest BCUT2D eigenvalue weighted by molar-refractivity contribution is 7.89. The van der Waals surface area contributed by atoms with Crippen LogP contribution in [0, 0.1) is 0 Å². The fourth-order valence-electron chi connectivity index (χ4n) is 3.39. The minimum absolute atomic E-state index is 0.159. The number of anilines is 1. The molecule has 1 saturated heterocycles. The normalized spacial score (nSPS) is 20.6. The number of aromatic nitrogens is 1. The summed E-state index contributed by atoms with van der Waals surface area (Å²) in [5, 5.41) is 2.82. The van der Waals surface area contributed by atoms with Gasteiger partial charge in [0, 0.05) is 24.3 Å². The van der Waals surface area contributed by atoms with Crippen molar-refractivity contribution in [2.75, 3.05) is 18.4 Å². The maximum Gasteiger partial charge on any atom is 0.255 e. The molecule has 1 aliphatic heterocycles. The molecule has 2 atom stereocenters. The van der Waals surface area contributed by atoms with Gasteiger partial charge in [0.05, 0.1) is 32.8 Å². The lowest BCUT2D eigenvalue weighted by molar-refractivity contribution is -0.0440. The number of carbonyl (C=O) groups is 1. The molecule has 2 heterocycles. The summed E-state index contributed by atoms with van der Waals surface area (Å²) in [6.07, 6.45) is -0.317. The Morgan fingerprint density at radius 1 is 1.14 bits per heavy atom. The third kappa shape index (κ3) is 4.18. The Labute approximate surface area is 173 Å². The molecular formula is C20H21N3O4S2. The number of thiazole rings is 1. The molecule has 1 fully saturated rings. The van der Waals surface area contributed by atoms with E-state index in [1.54, 1.807) is 5.51 Å². The number of sulfonamides is 1. The van der Waals surface area contributed by atoms with E-state index in [9.17, 15) is 13.2 Å². The van der Waals surface area contributed by atoms with Crippen LogP contribution in [0.4, 0.5) is 5.69 Å². The standard InChI is InChI=1S/C20H21N3O4S2/c1-13-10-23(11-14(2)27-13)29(25,26)17-6-3-15(4-7-17)20(24)22-16-5-8-19-18(9-16)21-12-28-19/h3-9,12-14H,10-11H2,1-2H3,(H,22,24)/t13-,14+. The van der Waals surface area contributed by atoms with Crippen LogP contribution >= 0.6 is 11.3 Å². The first-order valence-electron chi connectivity index (χ1n) is 9.23. The zero-order valence-electron chi connectivity index (χ0n) is 16.0. The molecule has 0 aliphatic carbocycles. The molecule has 9 heteroatoms. The topological polar surface area (TPSA) is 88.6 Å². The summed E-state index contributed by atoms with van der Waals surface area (Å²) in [6, 6.07) is 11.5. The zero-order chi connectivity index (χ0) is 20.6. The predicted octanol–water partition coefficient (Wildman–Crippen LogP) is 3.35. The highest BCUT2D eigenvalue weighted by Gasteiger charge is 2.32. The van der Waals surface area contributed by atoms with Gasteiger partial charge in [-0.2, -0.15) is 4.31 Å². The van der Waals surface area contributed by atoms with Crippen molar-refractivity contribution in [1.82, 2.24) is 9.29 Å². The van der Waals surface area contributed by atoms with E-state index in [1.807, 2.05) is 32.0 Å². The van der Waals surface area contributed by atoms with Gasteiger partial charge in [0.25, 0.3) is 5.91 Å². The molecule has 0 bridgehead atoms. The maximum absolute atomic E-state index is 12.9. The summed E-state index contributed by atoms with van der Waals surface area (Å²) >= 11 is 1.53. The van der Waals surface area contributed by atoms with Crippen molar-refractivity contribution in [2.24, 2.45) is 0 Å². The Balaban J connectivity index is 1.50. The van der Waals surface area contributed by atoms with Crippen LogP contribution in [0.3, 0.4) is 0 Å².